The summed E-state index contributed by atoms with van der Waals surface area (Å²) >= 11 is 1.19. The number of rotatable bonds is 2. The van der Waals surface area contributed by atoms with E-state index in [9.17, 15) is 9.59 Å². The van der Waals surface area contributed by atoms with E-state index in [2.05, 4.69) is 0 Å². The summed E-state index contributed by atoms with van der Waals surface area (Å²) in [5.41, 5.74) is 1.88. The molecule has 0 aliphatic carbocycles. The van der Waals surface area contributed by atoms with Gasteiger partial charge in [0.2, 0.25) is 5.91 Å². The number of carbonyl (C=O) groups excluding carboxylic acids is 1. The van der Waals surface area contributed by atoms with Crippen molar-refractivity contribution < 1.29 is 14.7 Å². The lowest BCUT2D eigenvalue weighted by molar-refractivity contribution is -0.136. The first-order valence-corrected chi connectivity index (χ1v) is 6.34. The Balaban J connectivity index is 2.20. The smallest absolute Gasteiger partial charge is 0.318 e. The zero-order valence-electron chi connectivity index (χ0n) is 9.42. The van der Waals surface area contributed by atoms with E-state index in [4.69, 9.17) is 5.11 Å². The molecular weight excluding hydrogens is 238 g/mol. The van der Waals surface area contributed by atoms with Crippen LogP contribution in [0.4, 0.5) is 5.69 Å². The third-order valence-corrected chi connectivity index (χ3v) is 3.85. The normalized spacial score (nSPS) is 20.4. The second kappa shape index (κ2) is 4.79. The van der Waals surface area contributed by atoms with E-state index in [1.807, 2.05) is 31.2 Å². The van der Waals surface area contributed by atoms with Crippen LogP contribution in [-0.2, 0) is 9.59 Å². The van der Waals surface area contributed by atoms with Gasteiger partial charge >= 0.3 is 5.97 Å². The van der Waals surface area contributed by atoms with Gasteiger partial charge in [-0.05, 0) is 19.1 Å². The largest absolute Gasteiger partial charge is 0.480 e. The minimum Gasteiger partial charge on any atom is -0.480 e. The number of hydrogen-bond acceptors (Lipinski definition) is 3. The summed E-state index contributed by atoms with van der Waals surface area (Å²) in [6.45, 7) is 2.21. The van der Waals surface area contributed by atoms with Crippen molar-refractivity contribution in [1.29, 1.82) is 0 Å². The Hall–Kier alpha value is -1.49. The number of amides is 1. The zero-order valence-corrected chi connectivity index (χ0v) is 10.2. The van der Waals surface area contributed by atoms with Crippen LogP contribution in [0.5, 0.6) is 0 Å². The van der Waals surface area contributed by atoms with Gasteiger partial charge in [0.15, 0.2) is 0 Å². The molecule has 17 heavy (non-hydrogen) atoms. The maximum Gasteiger partial charge on any atom is 0.318 e. The predicted octanol–water partition coefficient (Wildman–Crippen LogP) is 1.53. The van der Waals surface area contributed by atoms with Crippen LogP contribution in [0.15, 0.2) is 24.3 Å². The van der Waals surface area contributed by atoms with Crippen LogP contribution in [0.1, 0.15) is 5.56 Å². The molecule has 1 aliphatic rings. The average molecular weight is 251 g/mol. The number of aryl methyl sites for hydroxylation is 1. The van der Waals surface area contributed by atoms with Crippen molar-refractivity contribution in [3.8, 4) is 0 Å². The maximum atomic E-state index is 11.8. The van der Waals surface area contributed by atoms with Gasteiger partial charge in [0.25, 0.3) is 0 Å². The van der Waals surface area contributed by atoms with Crippen molar-refractivity contribution in [1.82, 2.24) is 0 Å². The van der Waals surface area contributed by atoms with Crippen molar-refractivity contribution in [2.24, 2.45) is 0 Å². The van der Waals surface area contributed by atoms with Crippen LogP contribution in [0, 0.1) is 6.92 Å². The number of nitrogens with zero attached hydrogens (tertiary/aromatic N) is 1. The first-order chi connectivity index (χ1) is 8.08. The Morgan fingerprint density at radius 3 is 2.65 bits per heavy atom. The summed E-state index contributed by atoms with van der Waals surface area (Å²) in [4.78, 5) is 24.2. The SMILES string of the molecule is Cc1ccc(N2CC(C(=O)O)SCC2=O)cc1. The molecule has 90 valence electrons. The molecule has 0 radical (unpaired) electrons. The number of aliphatic carboxylic acids is 1. The highest BCUT2D eigenvalue weighted by Crippen LogP contribution is 2.25. The molecule has 4 nitrogen and oxygen atoms in total. The molecule has 0 saturated carbocycles. The highest BCUT2D eigenvalue weighted by atomic mass is 32.2. The predicted molar refractivity (Wildman–Crippen MR) is 67.4 cm³/mol. The fourth-order valence-corrected chi connectivity index (χ4v) is 2.59. The molecule has 5 heteroatoms. The number of carboxylic acids is 1. The van der Waals surface area contributed by atoms with Gasteiger partial charge in [-0.3, -0.25) is 9.59 Å². The van der Waals surface area contributed by atoms with Crippen LogP contribution in [0.3, 0.4) is 0 Å². The van der Waals surface area contributed by atoms with Crippen molar-refractivity contribution >= 4 is 29.3 Å². The lowest BCUT2D eigenvalue weighted by Gasteiger charge is -2.30. The van der Waals surface area contributed by atoms with Crippen molar-refractivity contribution in [2.45, 2.75) is 12.2 Å². The highest BCUT2D eigenvalue weighted by Gasteiger charge is 2.31. The summed E-state index contributed by atoms with van der Waals surface area (Å²) in [6, 6.07) is 7.53. The number of anilines is 1. The molecule has 0 aromatic heterocycles. The third kappa shape index (κ3) is 2.61. The second-order valence-corrected chi connectivity index (χ2v) is 5.17. The molecule has 1 unspecified atom stereocenters. The summed E-state index contributed by atoms with van der Waals surface area (Å²) in [7, 11) is 0. The van der Waals surface area contributed by atoms with Gasteiger partial charge in [-0.1, -0.05) is 17.7 Å². The van der Waals surface area contributed by atoms with Gasteiger partial charge in [0, 0.05) is 12.2 Å². The summed E-state index contributed by atoms with van der Waals surface area (Å²) in [5.74, 6) is -0.666. The molecule has 2 rings (SSSR count). The minimum atomic E-state index is -0.861. The number of carboxylic acid groups (broad SMARTS) is 1. The van der Waals surface area contributed by atoms with Crippen molar-refractivity contribution in [2.75, 3.05) is 17.2 Å². The summed E-state index contributed by atoms with van der Waals surface area (Å²) < 4.78 is 0. The lowest BCUT2D eigenvalue weighted by atomic mass is 10.2. The number of thioether (sulfide) groups is 1. The highest BCUT2D eigenvalue weighted by molar-refractivity contribution is 8.01. The maximum absolute atomic E-state index is 11.8. The minimum absolute atomic E-state index is 0.0312. The molecule has 1 amide bonds. The van der Waals surface area contributed by atoms with E-state index < -0.39 is 11.2 Å². The zero-order chi connectivity index (χ0) is 12.4. The second-order valence-electron chi connectivity index (χ2n) is 3.98. The van der Waals surface area contributed by atoms with E-state index in [-0.39, 0.29) is 18.2 Å². The molecule has 0 spiro atoms. The quantitative estimate of drug-likeness (QED) is 0.866. The summed E-state index contributed by atoms with van der Waals surface area (Å²) in [5, 5.41) is 8.44. The van der Waals surface area contributed by atoms with E-state index in [1.54, 1.807) is 4.90 Å². The standard InChI is InChI=1S/C12H13NO3S/c1-8-2-4-9(5-3-8)13-6-10(12(15)16)17-7-11(13)14/h2-5,10H,6-7H2,1H3,(H,15,16). The molecule has 1 saturated heterocycles. The molecular formula is C12H13NO3S. The van der Waals surface area contributed by atoms with Gasteiger partial charge in [-0.25, -0.2) is 0 Å². The fraction of sp³-hybridized carbons (Fsp3) is 0.333. The van der Waals surface area contributed by atoms with Crippen molar-refractivity contribution in [3.63, 3.8) is 0 Å². The Morgan fingerprint density at radius 1 is 1.41 bits per heavy atom. The van der Waals surface area contributed by atoms with Crippen LogP contribution in [-0.4, -0.2) is 34.5 Å². The number of benzene rings is 1. The average Bonchev–Trinajstić information content (AvgIpc) is 2.31. The van der Waals surface area contributed by atoms with E-state index in [0.717, 1.165) is 11.3 Å². The van der Waals surface area contributed by atoms with E-state index in [0.29, 0.717) is 0 Å². The van der Waals surface area contributed by atoms with Crippen molar-refractivity contribution in [3.05, 3.63) is 29.8 Å². The number of carbonyl (C=O) groups is 2. The molecule has 1 fully saturated rings. The Bertz CT molecular complexity index is 444. The molecule has 1 N–H and O–H groups in total. The third-order valence-electron chi connectivity index (χ3n) is 2.68. The van der Waals surface area contributed by atoms with Gasteiger partial charge in [-0.15, -0.1) is 11.8 Å². The summed E-state index contributed by atoms with van der Waals surface area (Å²) in [6.07, 6.45) is 0. The fourth-order valence-electron chi connectivity index (χ4n) is 1.69. The molecule has 1 atom stereocenters. The Kier molecular flexibility index (Phi) is 3.38. The van der Waals surface area contributed by atoms with E-state index in [1.165, 1.54) is 11.8 Å². The van der Waals surface area contributed by atoms with Gasteiger partial charge < -0.3 is 10.0 Å². The molecule has 1 aromatic rings. The van der Waals surface area contributed by atoms with E-state index >= 15 is 0 Å². The molecule has 1 heterocycles. The first kappa shape index (κ1) is 12.0. The number of hydrogen-bond donors (Lipinski definition) is 1. The van der Waals surface area contributed by atoms with Crippen LogP contribution in [0.25, 0.3) is 0 Å². The Morgan fingerprint density at radius 2 is 2.06 bits per heavy atom. The lowest BCUT2D eigenvalue weighted by Crippen LogP contribution is -2.45. The van der Waals surface area contributed by atoms with Gasteiger partial charge in [0.05, 0.1) is 5.75 Å². The molecule has 1 aliphatic heterocycles. The van der Waals surface area contributed by atoms with Gasteiger partial charge in [0.1, 0.15) is 5.25 Å². The Labute approximate surface area is 104 Å². The molecule has 1 aromatic carbocycles. The first-order valence-electron chi connectivity index (χ1n) is 5.29. The molecule has 0 bridgehead atoms. The van der Waals surface area contributed by atoms with Crippen LogP contribution in [0.2, 0.25) is 0 Å². The van der Waals surface area contributed by atoms with Crippen LogP contribution < -0.4 is 4.90 Å². The topological polar surface area (TPSA) is 57.6 Å². The van der Waals surface area contributed by atoms with Gasteiger partial charge in [-0.2, -0.15) is 0 Å². The van der Waals surface area contributed by atoms with Crippen LogP contribution >= 0.6 is 11.8 Å². The monoisotopic (exact) mass is 251 g/mol.